The van der Waals surface area contributed by atoms with Gasteiger partial charge in [-0.1, -0.05) is 60.7 Å². The van der Waals surface area contributed by atoms with Gasteiger partial charge in [0, 0.05) is 32.3 Å². The van der Waals surface area contributed by atoms with E-state index in [2.05, 4.69) is 94.9 Å². The average Bonchev–Trinajstić information content (AvgIpc) is 3.67. The number of aromatic nitrogens is 2. The molecular formula is C31H20N2OS. The van der Waals surface area contributed by atoms with E-state index in [9.17, 15) is 0 Å². The molecule has 0 aliphatic carbocycles. The van der Waals surface area contributed by atoms with Crippen LogP contribution in [0, 0.1) is 0 Å². The minimum Gasteiger partial charge on any atom is -0.472 e. The van der Waals surface area contributed by atoms with Crippen LogP contribution in [0.5, 0.6) is 0 Å². The fourth-order valence-corrected chi connectivity index (χ4v) is 5.63. The van der Waals surface area contributed by atoms with Crippen LogP contribution < -0.4 is 0 Å². The number of furan rings is 1. The molecule has 0 amide bonds. The minimum atomic E-state index is 0.953. The third-order valence-electron chi connectivity index (χ3n) is 6.46. The van der Waals surface area contributed by atoms with Gasteiger partial charge in [-0.15, -0.1) is 11.3 Å². The molecule has 0 saturated carbocycles. The first-order valence-electron chi connectivity index (χ1n) is 11.5. The molecule has 0 atom stereocenters. The molecule has 0 aliphatic rings. The normalized spacial score (nSPS) is 11.4. The molecule has 0 N–H and O–H groups in total. The van der Waals surface area contributed by atoms with Gasteiger partial charge in [0.15, 0.2) is 0 Å². The van der Waals surface area contributed by atoms with Crippen molar-refractivity contribution >= 4 is 32.5 Å². The van der Waals surface area contributed by atoms with Crippen molar-refractivity contribution in [2.45, 2.75) is 0 Å². The molecule has 0 saturated heterocycles. The van der Waals surface area contributed by atoms with Crippen LogP contribution in [0.1, 0.15) is 0 Å². The topological polar surface area (TPSA) is 31.0 Å². The van der Waals surface area contributed by atoms with Gasteiger partial charge >= 0.3 is 0 Å². The molecule has 166 valence electrons. The number of fused-ring (bicyclic) bond motifs is 2. The molecule has 35 heavy (non-hydrogen) atoms. The highest BCUT2D eigenvalue weighted by Gasteiger charge is 2.18. The van der Waals surface area contributed by atoms with Gasteiger partial charge in [0.05, 0.1) is 23.6 Å². The van der Waals surface area contributed by atoms with Crippen molar-refractivity contribution in [1.29, 1.82) is 0 Å². The van der Waals surface area contributed by atoms with Crippen LogP contribution in [0.2, 0.25) is 0 Å². The third-order valence-corrected chi connectivity index (χ3v) is 7.43. The van der Waals surface area contributed by atoms with Crippen LogP contribution in [0.15, 0.2) is 125 Å². The third kappa shape index (κ3) is 3.38. The number of nitrogens with zero attached hydrogens (tertiary/aromatic N) is 2. The second kappa shape index (κ2) is 8.12. The molecule has 3 nitrogen and oxygen atoms in total. The molecule has 4 aromatic carbocycles. The SMILES string of the molecule is c1ccc(-c2ccc(-n3c(-c4csc5ccc(-c6ccoc6)cc45)nc4ccccc43)cc2)cc1. The summed E-state index contributed by atoms with van der Waals surface area (Å²) >= 11 is 1.75. The number of rotatable bonds is 4. The molecule has 4 heteroatoms. The highest BCUT2D eigenvalue weighted by molar-refractivity contribution is 7.17. The molecule has 0 aliphatic heterocycles. The Balaban J connectivity index is 1.42. The van der Waals surface area contributed by atoms with Gasteiger partial charge in [-0.25, -0.2) is 4.98 Å². The molecule has 0 fully saturated rings. The van der Waals surface area contributed by atoms with Crippen LogP contribution in [0.25, 0.3) is 60.4 Å². The Labute approximate surface area is 206 Å². The Hall–Kier alpha value is -4.41. The second-order valence-corrected chi connectivity index (χ2v) is 9.46. The second-order valence-electron chi connectivity index (χ2n) is 8.54. The standard InChI is InChI=1S/C31H20N2OS/c1-2-6-21(7-3-1)22-10-13-25(14-11-22)33-29-9-5-4-8-28(29)32-31(33)27-20-35-30-15-12-23(18-26(27)30)24-16-17-34-19-24/h1-20H. The van der Waals surface area contributed by atoms with Crippen molar-refractivity contribution in [2.75, 3.05) is 0 Å². The van der Waals surface area contributed by atoms with Crippen molar-refractivity contribution in [3.8, 4) is 39.3 Å². The molecule has 3 heterocycles. The highest BCUT2D eigenvalue weighted by Crippen LogP contribution is 2.39. The Bertz CT molecular complexity index is 1780. The van der Waals surface area contributed by atoms with Gasteiger partial charge in [0.2, 0.25) is 0 Å². The van der Waals surface area contributed by atoms with E-state index in [-0.39, 0.29) is 0 Å². The Morgan fingerprint density at radius 2 is 1.46 bits per heavy atom. The molecule has 0 unspecified atom stereocenters. The van der Waals surface area contributed by atoms with Crippen molar-refractivity contribution in [3.63, 3.8) is 0 Å². The molecule has 7 aromatic rings. The molecule has 0 radical (unpaired) electrons. The van der Waals surface area contributed by atoms with E-state index in [4.69, 9.17) is 9.40 Å². The van der Waals surface area contributed by atoms with Crippen LogP contribution in [-0.2, 0) is 0 Å². The average molecular weight is 469 g/mol. The van der Waals surface area contributed by atoms with E-state index in [0.717, 1.165) is 39.2 Å². The lowest BCUT2D eigenvalue weighted by molar-refractivity contribution is 0.568. The predicted molar refractivity (Wildman–Crippen MR) is 145 cm³/mol. The molecule has 0 spiro atoms. The summed E-state index contributed by atoms with van der Waals surface area (Å²) in [6.07, 6.45) is 3.50. The first-order valence-corrected chi connectivity index (χ1v) is 12.4. The summed E-state index contributed by atoms with van der Waals surface area (Å²) in [6.45, 7) is 0. The van der Waals surface area contributed by atoms with Crippen LogP contribution in [0.3, 0.4) is 0 Å². The fraction of sp³-hybridized carbons (Fsp3) is 0. The van der Waals surface area contributed by atoms with E-state index in [1.54, 1.807) is 23.9 Å². The van der Waals surface area contributed by atoms with Crippen molar-refractivity contribution in [1.82, 2.24) is 9.55 Å². The minimum absolute atomic E-state index is 0.953. The molecule has 7 rings (SSSR count). The largest absolute Gasteiger partial charge is 0.472 e. The smallest absolute Gasteiger partial charge is 0.147 e. The van der Waals surface area contributed by atoms with Gasteiger partial charge in [-0.05, 0) is 59.2 Å². The maximum absolute atomic E-state index is 5.32. The summed E-state index contributed by atoms with van der Waals surface area (Å²) in [6, 6.07) is 36.1. The van der Waals surface area contributed by atoms with Crippen LogP contribution in [-0.4, -0.2) is 9.55 Å². The Morgan fingerprint density at radius 3 is 2.29 bits per heavy atom. The molecular weight excluding hydrogens is 448 g/mol. The summed E-state index contributed by atoms with van der Waals surface area (Å²) in [5.41, 5.74) is 8.95. The number of imidazole rings is 1. The van der Waals surface area contributed by atoms with Gasteiger partial charge in [-0.3, -0.25) is 4.57 Å². The first kappa shape index (κ1) is 20.0. The fourth-order valence-electron chi connectivity index (χ4n) is 4.71. The number of hydrogen-bond acceptors (Lipinski definition) is 3. The summed E-state index contributed by atoms with van der Waals surface area (Å²) < 4.78 is 8.84. The summed E-state index contributed by atoms with van der Waals surface area (Å²) in [4.78, 5) is 5.11. The Kier molecular flexibility index (Phi) is 4.64. The van der Waals surface area contributed by atoms with Gasteiger partial charge < -0.3 is 4.42 Å². The van der Waals surface area contributed by atoms with Crippen molar-refractivity contribution in [3.05, 3.63) is 121 Å². The zero-order valence-electron chi connectivity index (χ0n) is 18.8. The van der Waals surface area contributed by atoms with E-state index in [1.165, 1.54) is 21.2 Å². The monoisotopic (exact) mass is 468 g/mol. The number of thiophene rings is 1. The van der Waals surface area contributed by atoms with Crippen LogP contribution in [0.4, 0.5) is 0 Å². The van der Waals surface area contributed by atoms with E-state index in [0.29, 0.717) is 0 Å². The van der Waals surface area contributed by atoms with E-state index in [1.807, 2.05) is 18.2 Å². The maximum Gasteiger partial charge on any atom is 0.147 e. The van der Waals surface area contributed by atoms with Crippen LogP contribution >= 0.6 is 11.3 Å². The van der Waals surface area contributed by atoms with Gasteiger partial charge in [-0.2, -0.15) is 0 Å². The summed E-state index contributed by atoms with van der Waals surface area (Å²) in [5, 5.41) is 3.42. The lowest BCUT2D eigenvalue weighted by atomic mass is 10.0. The summed E-state index contributed by atoms with van der Waals surface area (Å²) in [5.74, 6) is 0.953. The molecule has 0 bridgehead atoms. The van der Waals surface area contributed by atoms with E-state index >= 15 is 0 Å². The van der Waals surface area contributed by atoms with Gasteiger partial charge in [0.25, 0.3) is 0 Å². The first-order chi connectivity index (χ1) is 17.3. The zero-order valence-corrected chi connectivity index (χ0v) is 19.6. The maximum atomic E-state index is 5.32. The number of benzene rings is 4. The van der Waals surface area contributed by atoms with Gasteiger partial charge in [0.1, 0.15) is 5.82 Å². The van der Waals surface area contributed by atoms with E-state index < -0.39 is 0 Å². The number of hydrogen-bond donors (Lipinski definition) is 0. The number of para-hydroxylation sites is 2. The van der Waals surface area contributed by atoms with Crippen molar-refractivity contribution in [2.24, 2.45) is 0 Å². The molecule has 3 aromatic heterocycles. The quantitative estimate of drug-likeness (QED) is 0.258. The highest BCUT2D eigenvalue weighted by atomic mass is 32.1. The predicted octanol–water partition coefficient (Wildman–Crippen LogP) is 8.83. The van der Waals surface area contributed by atoms with Crippen molar-refractivity contribution < 1.29 is 4.42 Å². The lowest BCUT2D eigenvalue weighted by Gasteiger charge is -2.11. The summed E-state index contributed by atoms with van der Waals surface area (Å²) in [7, 11) is 0. The lowest BCUT2D eigenvalue weighted by Crippen LogP contribution is -1.97. The Morgan fingerprint density at radius 1 is 0.686 bits per heavy atom. The zero-order chi connectivity index (χ0) is 23.2.